The zero-order valence-electron chi connectivity index (χ0n) is 14.1. The van der Waals surface area contributed by atoms with Crippen LogP contribution < -0.4 is 5.73 Å². The molecule has 7 heteroatoms. The molecule has 0 spiro atoms. The Morgan fingerprint density at radius 3 is 2.32 bits per heavy atom. The molecule has 0 unspecified atom stereocenters. The zero-order chi connectivity index (χ0) is 16.8. The van der Waals surface area contributed by atoms with Crippen molar-refractivity contribution in [3.63, 3.8) is 0 Å². The Kier molecular flexibility index (Phi) is 6.93. The Morgan fingerprint density at radius 1 is 1.27 bits per heavy atom. The summed E-state index contributed by atoms with van der Waals surface area (Å²) in [4.78, 5) is 27.4. The zero-order valence-corrected chi connectivity index (χ0v) is 14.1. The maximum Gasteiger partial charge on any atom is 0.410 e. The summed E-state index contributed by atoms with van der Waals surface area (Å²) < 4.78 is 10.4. The number of rotatable bonds is 4. The number of carbonyl (C=O) groups is 2. The Bertz CT molecular complexity index is 373. The fourth-order valence-electron chi connectivity index (χ4n) is 2.46. The number of likely N-dealkylation sites (tertiary alicyclic amines) is 1. The summed E-state index contributed by atoms with van der Waals surface area (Å²) in [5.74, 6) is 0. The molecule has 0 aromatic carbocycles. The third-order valence-corrected chi connectivity index (χ3v) is 3.43. The van der Waals surface area contributed by atoms with Gasteiger partial charge in [-0.15, -0.1) is 0 Å². The number of piperidine rings is 1. The van der Waals surface area contributed by atoms with Crippen molar-refractivity contribution in [1.82, 2.24) is 9.80 Å². The maximum absolute atomic E-state index is 12.3. The highest BCUT2D eigenvalue weighted by molar-refractivity contribution is 5.69. The molecule has 2 N–H and O–H groups in total. The molecule has 1 aliphatic heterocycles. The van der Waals surface area contributed by atoms with Gasteiger partial charge in [0.15, 0.2) is 0 Å². The van der Waals surface area contributed by atoms with E-state index in [2.05, 4.69) is 0 Å². The third kappa shape index (κ3) is 5.71. The molecule has 1 fully saturated rings. The van der Waals surface area contributed by atoms with E-state index in [4.69, 9.17) is 15.2 Å². The van der Waals surface area contributed by atoms with Gasteiger partial charge in [0.05, 0.1) is 6.61 Å². The third-order valence-electron chi connectivity index (χ3n) is 3.43. The van der Waals surface area contributed by atoms with Crippen molar-refractivity contribution in [2.75, 3.05) is 32.8 Å². The molecule has 0 radical (unpaired) electrons. The molecule has 0 saturated carbocycles. The van der Waals surface area contributed by atoms with E-state index in [9.17, 15) is 9.59 Å². The summed E-state index contributed by atoms with van der Waals surface area (Å²) >= 11 is 0. The second kappa shape index (κ2) is 8.22. The van der Waals surface area contributed by atoms with Crippen LogP contribution in [0, 0.1) is 0 Å². The molecular formula is C15H29N3O4. The standard InChI is InChI=1S/C15H29N3O4/c1-5-21-13(19)17-9-6-12(7-10-17)18(11-8-16)14(20)22-15(2,3)4/h12H,5-11,16H2,1-4H3. The highest BCUT2D eigenvalue weighted by Crippen LogP contribution is 2.20. The molecule has 0 atom stereocenters. The van der Waals surface area contributed by atoms with Crippen molar-refractivity contribution < 1.29 is 19.1 Å². The van der Waals surface area contributed by atoms with E-state index in [1.165, 1.54) is 0 Å². The highest BCUT2D eigenvalue weighted by atomic mass is 16.6. The monoisotopic (exact) mass is 315 g/mol. The number of nitrogens with zero attached hydrogens (tertiary/aromatic N) is 2. The molecule has 1 heterocycles. The number of amides is 2. The molecule has 1 aliphatic rings. The molecule has 7 nitrogen and oxygen atoms in total. The fourth-order valence-corrected chi connectivity index (χ4v) is 2.46. The van der Waals surface area contributed by atoms with Gasteiger partial charge in [-0.05, 0) is 40.5 Å². The van der Waals surface area contributed by atoms with Crippen LogP contribution in [0.1, 0.15) is 40.5 Å². The van der Waals surface area contributed by atoms with Crippen LogP contribution in [0.2, 0.25) is 0 Å². The number of hydrogen-bond acceptors (Lipinski definition) is 5. The molecule has 0 aromatic heterocycles. The number of hydrogen-bond donors (Lipinski definition) is 1. The van der Waals surface area contributed by atoms with Crippen LogP contribution in [0.4, 0.5) is 9.59 Å². The van der Waals surface area contributed by atoms with Gasteiger partial charge in [0.25, 0.3) is 0 Å². The van der Waals surface area contributed by atoms with E-state index in [1.807, 2.05) is 20.8 Å². The molecule has 1 saturated heterocycles. The van der Waals surface area contributed by atoms with Crippen molar-refractivity contribution in [3.05, 3.63) is 0 Å². The largest absolute Gasteiger partial charge is 0.450 e. The van der Waals surface area contributed by atoms with Crippen LogP contribution >= 0.6 is 0 Å². The Labute approximate surface area is 132 Å². The average molecular weight is 315 g/mol. The summed E-state index contributed by atoms with van der Waals surface area (Å²) in [6.07, 6.45) is 0.784. The smallest absolute Gasteiger partial charge is 0.410 e. The number of carbonyl (C=O) groups excluding carboxylic acids is 2. The van der Waals surface area contributed by atoms with E-state index in [1.54, 1.807) is 16.7 Å². The first-order valence-electron chi connectivity index (χ1n) is 7.90. The lowest BCUT2D eigenvalue weighted by Gasteiger charge is -2.38. The summed E-state index contributed by atoms with van der Waals surface area (Å²) in [7, 11) is 0. The van der Waals surface area contributed by atoms with Gasteiger partial charge < -0.3 is 25.0 Å². The topological polar surface area (TPSA) is 85.1 Å². The Hall–Kier alpha value is -1.50. The molecule has 128 valence electrons. The van der Waals surface area contributed by atoms with Crippen LogP contribution in [0.5, 0.6) is 0 Å². The van der Waals surface area contributed by atoms with Crippen molar-refractivity contribution in [2.45, 2.75) is 52.2 Å². The minimum absolute atomic E-state index is 0.0454. The Morgan fingerprint density at radius 2 is 1.86 bits per heavy atom. The van der Waals surface area contributed by atoms with Gasteiger partial charge in [-0.2, -0.15) is 0 Å². The van der Waals surface area contributed by atoms with Crippen molar-refractivity contribution in [1.29, 1.82) is 0 Å². The van der Waals surface area contributed by atoms with Gasteiger partial charge in [0.1, 0.15) is 5.60 Å². The van der Waals surface area contributed by atoms with Gasteiger partial charge in [-0.25, -0.2) is 9.59 Å². The molecule has 0 bridgehead atoms. The fraction of sp³-hybridized carbons (Fsp3) is 0.867. The molecule has 2 amide bonds. The van der Waals surface area contributed by atoms with Crippen LogP contribution in [0.25, 0.3) is 0 Å². The summed E-state index contributed by atoms with van der Waals surface area (Å²) in [6, 6.07) is 0.0454. The van der Waals surface area contributed by atoms with E-state index in [-0.39, 0.29) is 18.2 Å². The molecule has 22 heavy (non-hydrogen) atoms. The SMILES string of the molecule is CCOC(=O)N1CCC(N(CCN)C(=O)OC(C)(C)C)CC1. The van der Waals surface area contributed by atoms with Crippen LogP contribution in [-0.2, 0) is 9.47 Å². The van der Waals surface area contributed by atoms with Crippen molar-refractivity contribution >= 4 is 12.2 Å². The summed E-state index contributed by atoms with van der Waals surface area (Å²) in [5.41, 5.74) is 5.09. The van der Waals surface area contributed by atoms with Crippen molar-refractivity contribution in [2.24, 2.45) is 5.73 Å². The molecule has 1 rings (SSSR count). The maximum atomic E-state index is 12.3. The van der Waals surface area contributed by atoms with E-state index in [0.717, 1.165) is 0 Å². The second-order valence-corrected chi connectivity index (χ2v) is 6.38. The van der Waals surface area contributed by atoms with Gasteiger partial charge in [-0.3, -0.25) is 0 Å². The van der Waals surface area contributed by atoms with E-state index in [0.29, 0.717) is 45.6 Å². The second-order valence-electron chi connectivity index (χ2n) is 6.38. The lowest BCUT2D eigenvalue weighted by atomic mass is 10.0. The minimum Gasteiger partial charge on any atom is -0.450 e. The average Bonchev–Trinajstić information content (AvgIpc) is 2.43. The lowest BCUT2D eigenvalue weighted by molar-refractivity contribution is 0.00893. The number of ether oxygens (including phenoxy) is 2. The first kappa shape index (κ1) is 18.5. The quantitative estimate of drug-likeness (QED) is 0.855. The Balaban J connectivity index is 2.60. The first-order valence-corrected chi connectivity index (χ1v) is 7.90. The number of nitrogens with two attached hydrogens (primary N) is 1. The van der Waals surface area contributed by atoms with Gasteiger partial charge >= 0.3 is 12.2 Å². The summed E-state index contributed by atoms with van der Waals surface area (Å²) in [5, 5.41) is 0. The van der Waals surface area contributed by atoms with Crippen molar-refractivity contribution in [3.8, 4) is 0 Å². The normalized spacial score (nSPS) is 16.3. The van der Waals surface area contributed by atoms with Crippen LogP contribution in [-0.4, -0.2) is 66.4 Å². The molecule has 0 aliphatic carbocycles. The van der Waals surface area contributed by atoms with E-state index < -0.39 is 5.60 Å². The molecule has 0 aromatic rings. The first-order chi connectivity index (χ1) is 10.3. The minimum atomic E-state index is -0.532. The van der Waals surface area contributed by atoms with Crippen LogP contribution in [0.15, 0.2) is 0 Å². The van der Waals surface area contributed by atoms with Gasteiger partial charge in [0.2, 0.25) is 0 Å². The lowest BCUT2D eigenvalue weighted by Crippen LogP contribution is -2.51. The van der Waals surface area contributed by atoms with E-state index >= 15 is 0 Å². The van der Waals surface area contributed by atoms with Crippen LogP contribution in [0.3, 0.4) is 0 Å². The van der Waals surface area contributed by atoms with Gasteiger partial charge in [0, 0.05) is 32.2 Å². The summed E-state index contributed by atoms with van der Waals surface area (Å²) in [6.45, 7) is 9.68. The van der Waals surface area contributed by atoms with Gasteiger partial charge in [-0.1, -0.05) is 0 Å². The molecular weight excluding hydrogens is 286 g/mol. The highest BCUT2D eigenvalue weighted by Gasteiger charge is 2.32. The predicted octanol–water partition coefficient (Wildman–Crippen LogP) is 1.80. The predicted molar refractivity (Wildman–Crippen MR) is 83.6 cm³/mol.